The lowest BCUT2D eigenvalue weighted by Gasteiger charge is -2.30. The fourth-order valence-corrected chi connectivity index (χ4v) is 4.69. The minimum atomic E-state index is -3.61. The van der Waals surface area contributed by atoms with Gasteiger partial charge in [0.1, 0.15) is 0 Å². The van der Waals surface area contributed by atoms with Crippen molar-refractivity contribution in [1.82, 2.24) is 20.5 Å². The number of aryl methyl sites for hydroxylation is 2. The second-order valence-electron chi connectivity index (χ2n) is 7.62. The molecule has 0 spiro atoms. The largest absolute Gasteiger partial charge is 0.345 e. The van der Waals surface area contributed by atoms with Gasteiger partial charge < -0.3 is 5.32 Å². The lowest BCUT2D eigenvalue weighted by atomic mass is 9.98. The molecule has 2 fully saturated rings. The third-order valence-corrected chi connectivity index (χ3v) is 7.25. The number of amides is 3. The lowest BCUT2D eigenvalue weighted by Crippen LogP contribution is -2.51. The summed E-state index contributed by atoms with van der Waals surface area (Å²) in [6, 6.07) is 5.09. The van der Waals surface area contributed by atoms with Crippen LogP contribution in [-0.4, -0.2) is 49.6 Å². The summed E-state index contributed by atoms with van der Waals surface area (Å²) in [5.41, 5.74) is 6.29. The summed E-state index contributed by atoms with van der Waals surface area (Å²) in [6.07, 6.45) is 2.38. The average molecular weight is 423 g/mol. The predicted molar refractivity (Wildman–Crippen MR) is 105 cm³/mol. The molecule has 0 atom stereocenters. The van der Waals surface area contributed by atoms with Gasteiger partial charge in [0, 0.05) is 25.0 Å². The van der Waals surface area contributed by atoms with Gasteiger partial charge in [-0.15, -0.1) is 0 Å². The van der Waals surface area contributed by atoms with Crippen LogP contribution < -0.4 is 16.2 Å². The van der Waals surface area contributed by atoms with Gasteiger partial charge >= 0.3 is 11.8 Å². The summed E-state index contributed by atoms with van der Waals surface area (Å²) in [5, 5.41) is 2.53. The van der Waals surface area contributed by atoms with Crippen LogP contribution in [-0.2, 0) is 24.4 Å². The molecular formula is C19H26N4O5S. The Kier molecular flexibility index (Phi) is 6.23. The van der Waals surface area contributed by atoms with E-state index in [4.69, 9.17) is 0 Å². The van der Waals surface area contributed by atoms with Crippen molar-refractivity contribution in [2.75, 3.05) is 13.1 Å². The quantitative estimate of drug-likeness (QED) is 0.470. The van der Waals surface area contributed by atoms with Crippen LogP contribution in [0.5, 0.6) is 0 Å². The van der Waals surface area contributed by atoms with Crippen LogP contribution in [0.4, 0.5) is 0 Å². The summed E-state index contributed by atoms with van der Waals surface area (Å²) in [5.74, 6) is -2.56. The zero-order chi connectivity index (χ0) is 21.2. The molecule has 1 aliphatic heterocycles. The zero-order valence-electron chi connectivity index (χ0n) is 16.5. The van der Waals surface area contributed by atoms with E-state index in [-0.39, 0.29) is 24.0 Å². The first kappa shape index (κ1) is 21.3. The van der Waals surface area contributed by atoms with E-state index in [0.717, 1.165) is 24.0 Å². The normalized spacial score (nSPS) is 18.1. The fourth-order valence-electron chi connectivity index (χ4n) is 3.14. The molecule has 1 aromatic carbocycles. The Balaban J connectivity index is 1.50. The van der Waals surface area contributed by atoms with Gasteiger partial charge in [-0.3, -0.25) is 25.2 Å². The Hall–Kier alpha value is -2.46. The number of benzene rings is 1. The van der Waals surface area contributed by atoms with Crippen LogP contribution in [0.25, 0.3) is 0 Å². The standard InChI is InChI=1S/C19H26N4O5S/c1-12-3-6-16(11-13(12)2)29(27,28)23-9-7-14(8-10-23)17(24)21-22-19(26)18(25)20-15-4-5-15/h3,6,11,14-15H,4-5,7-10H2,1-2H3,(H,20,25)(H,21,24)(H,22,26). The Morgan fingerprint density at radius 2 is 1.59 bits per heavy atom. The number of piperidine rings is 1. The highest BCUT2D eigenvalue weighted by molar-refractivity contribution is 7.89. The molecule has 1 aromatic rings. The Morgan fingerprint density at radius 3 is 2.17 bits per heavy atom. The maximum Gasteiger partial charge on any atom is 0.327 e. The van der Waals surface area contributed by atoms with Gasteiger partial charge in [0.05, 0.1) is 4.90 Å². The summed E-state index contributed by atoms with van der Waals surface area (Å²) < 4.78 is 27.0. The van der Waals surface area contributed by atoms with Crippen LogP contribution in [0.3, 0.4) is 0 Å². The van der Waals surface area contributed by atoms with Crippen LogP contribution in [0.2, 0.25) is 0 Å². The molecule has 3 amide bonds. The average Bonchev–Trinajstić information content (AvgIpc) is 3.51. The first-order valence-electron chi connectivity index (χ1n) is 9.66. The highest BCUT2D eigenvalue weighted by Crippen LogP contribution is 2.25. The first-order chi connectivity index (χ1) is 13.7. The Morgan fingerprint density at radius 1 is 0.931 bits per heavy atom. The van der Waals surface area contributed by atoms with Gasteiger partial charge in [-0.25, -0.2) is 8.42 Å². The number of nitrogens with zero attached hydrogens (tertiary/aromatic N) is 1. The van der Waals surface area contributed by atoms with Crippen molar-refractivity contribution in [1.29, 1.82) is 0 Å². The Labute approximate surface area is 170 Å². The van der Waals surface area contributed by atoms with Gasteiger partial charge in [0.15, 0.2) is 0 Å². The number of hydrazine groups is 1. The number of hydrogen-bond acceptors (Lipinski definition) is 5. The smallest absolute Gasteiger partial charge is 0.327 e. The molecule has 158 valence electrons. The van der Waals surface area contributed by atoms with E-state index in [2.05, 4.69) is 16.2 Å². The summed E-state index contributed by atoms with van der Waals surface area (Å²) >= 11 is 0. The van der Waals surface area contributed by atoms with Crippen molar-refractivity contribution >= 4 is 27.7 Å². The van der Waals surface area contributed by atoms with Crippen LogP contribution in [0, 0.1) is 19.8 Å². The monoisotopic (exact) mass is 422 g/mol. The van der Waals surface area contributed by atoms with E-state index >= 15 is 0 Å². The fraction of sp³-hybridized carbons (Fsp3) is 0.526. The number of hydrogen-bond donors (Lipinski definition) is 3. The minimum Gasteiger partial charge on any atom is -0.345 e. The van der Waals surface area contributed by atoms with Crippen molar-refractivity contribution < 1.29 is 22.8 Å². The second kappa shape index (κ2) is 8.50. The summed E-state index contributed by atoms with van der Waals surface area (Å²) in [7, 11) is -3.61. The lowest BCUT2D eigenvalue weighted by molar-refractivity contribution is -0.141. The van der Waals surface area contributed by atoms with Gasteiger partial charge in [-0.2, -0.15) is 4.31 Å². The predicted octanol–water partition coefficient (Wildman–Crippen LogP) is 0.130. The first-order valence-corrected chi connectivity index (χ1v) is 11.1. The van der Waals surface area contributed by atoms with Crippen molar-refractivity contribution in [3.8, 4) is 0 Å². The number of sulfonamides is 1. The van der Waals surface area contributed by atoms with Crippen LogP contribution >= 0.6 is 0 Å². The molecule has 3 rings (SSSR count). The van der Waals surface area contributed by atoms with E-state index in [9.17, 15) is 22.8 Å². The van der Waals surface area contributed by atoms with Crippen molar-refractivity contribution in [3.63, 3.8) is 0 Å². The molecule has 1 saturated heterocycles. The molecule has 3 N–H and O–H groups in total. The van der Waals surface area contributed by atoms with Gasteiger partial charge in [0.2, 0.25) is 15.9 Å². The highest BCUT2D eigenvalue weighted by Gasteiger charge is 2.33. The molecule has 1 saturated carbocycles. The number of nitrogens with one attached hydrogen (secondary N) is 3. The Bertz CT molecular complexity index is 919. The molecule has 0 radical (unpaired) electrons. The van der Waals surface area contributed by atoms with Gasteiger partial charge in [-0.05, 0) is 62.8 Å². The van der Waals surface area contributed by atoms with E-state index in [0.29, 0.717) is 12.8 Å². The van der Waals surface area contributed by atoms with Gasteiger partial charge in [0.25, 0.3) is 0 Å². The number of rotatable bonds is 4. The second-order valence-corrected chi connectivity index (χ2v) is 9.55. The topological polar surface area (TPSA) is 125 Å². The molecule has 0 aromatic heterocycles. The highest BCUT2D eigenvalue weighted by atomic mass is 32.2. The van der Waals surface area contributed by atoms with Crippen molar-refractivity contribution in [3.05, 3.63) is 29.3 Å². The van der Waals surface area contributed by atoms with Gasteiger partial charge in [-0.1, -0.05) is 6.07 Å². The SMILES string of the molecule is Cc1ccc(S(=O)(=O)N2CCC(C(=O)NNC(=O)C(=O)NC3CC3)CC2)cc1C. The summed E-state index contributed by atoms with van der Waals surface area (Å²) in [4.78, 5) is 35.7. The molecule has 1 heterocycles. The molecule has 0 bridgehead atoms. The third kappa shape index (κ3) is 5.13. The molecular weight excluding hydrogens is 396 g/mol. The van der Waals surface area contributed by atoms with E-state index in [1.165, 1.54) is 4.31 Å². The maximum absolute atomic E-state index is 12.8. The van der Waals surface area contributed by atoms with Crippen LogP contribution in [0.15, 0.2) is 23.1 Å². The number of carbonyl (C=O) groups is 3. The molecule has 1 aliphatic carbocycles. The molecule has 9 nitrogen and oxygen atoms in total. The molecule has 10 heteroatoms. The van der Waals surface area contributed by atoms with Crippen LogP contribution in [0.1, 0.15) is 36.8 Å². The minimum absolute atomic E-state index is 0.0487. The third-order valence-electron chi connectivity index (χ3n) is 5.36. The van der Waals surface area contributed by atoms with E-state index in [1.54, 1.807) is 18.2 Å². The number of carbonyl (C=O) groups excluding carboxylic acids is 3. The molecule has 0 unspecified atom stereocenters. The zero-order valence-corrected chi connectivity index (χ0v) is 17.3. The summed E-state index contributed by atoms with van der Waals surface area (Å²) in [6.45, 7) is 4.21. The molecule has 2 aliphatic rings. The molecule has 29 heavy (non-hydrogen) atoms. The van der Waals surface area contributed by atoms with Crippen molar-refractivity contribution in [2.45, 2.75) is 50.5 Å². The van der Waals surface area contributed by atoms with E-state index in [1.807, 2.05) is 13.8 Å². The van der Waals surface area contributed by atoms with Crippen molar-refractivity contribution in [2.24, 2.45) is 5.92 Å². The maximum atomic E-state index is 12.8. The van der Waals surface area contributed by atoms with E-state index < -0.39 is 33.7 Å².